The van der Waals surface area contributed by atoms with Crippen molar-refractivity contribution in [1.29, 1.82) is 0 Å². The summed E-state index contributed by atoms with van der Waals surface area (Å²) in [5, 5.41) is 0. The molecule has 0 aliphatic carbocycles. The Morgan fingerprint density at radius 2 is 1.29 bits per heavy atom. The van der Waals surface area contributed by atoms with Gasteiger partial charge in [-0.3, -0.25) is 0 Å². The van der Waals surface area contributed by atoms with Crippen LogP contribution in [-0.4, -0.2) is 4.66 Å². The van der Waals surface area contributed by atoms with E-state index in [2.05, 4.69) is 0 Å². The number of hydrogen-bond donors (Lipinski definition) is 1. The van der Waals surface area contributed by atoms with Crippen LogP contribution < -0.4 is 65.4 Å². The summed E-state index contributed by atoms with van der Waals surface area (Å²) in [4.78, 5) is 0. The van der Waals surface area contributed by atoms with Crippen molar-refractivity contribution in [2.75, 3.05) is 0 Å². The molecule has 7 heteroatoms. The summed E-state index contributed by atoms with van der Waals surface area (Å²) < 4.78 is 32.7. The van der Waals surface area contributed by atoms with Crippen molar-refractivity contribution in [3.63, 3.8) is 0 Å². The van der Waals surface area contributed by atoms with Crippen LogP contribution in [0, 0.1) is 10.2 Å². The van der Waals surface area contributed by atoms with Gasteiger partial charge in [0, 0.05) is 26.2 Å². The molecule has 0 amide bonds. The first kappa shape index (κ1) is 16.3. The summed E-state index contributed by atoms with van der Waals surface area (Å²) in [5.74, 6) is 0. The average molecular weight is 232 g/mol. The van der Waals surface area contributed by atoms with E-state index in [0.717, 1.165) is 0 Å². The topological polar surface area (TPSA) is 89.4 Å². The van der Waals surface area contributed by atoms with E-state index < -0.39 is 10.2 Å². The van der Waals surface area contributed by atoms with Gasteiger partial charge in [-0.1, -0.05) is 0 Å². The largest absolute Gasteiger partial charge is 1.00 e. The van der Waals surface area contributed by atoms with Gasteiger partial charge in [0.2, 0.25) is 0 Å². The molecular formula is H2ClKO4Zr. The zero-order valence-corrected chi connectivity index (χ0v) is 9.89. The summed E-state index contributed by atoms with van der Waals surface area (Å²) >= 11 is 0. The second kappa shape index (κ2) is 6.77. The van der Waals surface area contributed by atoms with E-state index in [1.807, 2.05) is 0 Å². The second-order valence-corrected chi connectivity index (χ2v) is 1.19. The van der Waals surface area contributed by atoms with E-state index in [1.165, 1.54) is 0 Å². The predicted molar refractivity (Wildman–Crippen MR) is 3.33 cm³/mol. The Labute approximate surface area is 106 Å². The fraction of sp³-hybridized carbons (Fsp3) is 0. The van der Waals surface area contributed by atoms with Gasteiger partial charge in [0.1, 0.15) is 0 Å². The third-order valence-electron chi connectivity index (χ3n) is 0. The molecule has 0 aliphatic heterocycles. The summed E-state index contributed by atoms with van der Waals surface area (Å²) in [6.45, 7) is 0. The standard InChI is InChI=1S/ClHO4.K.Zr.H/c2-1(3,4)5;;;/h(H,2,3,4,5);;;/q;+1;;-1. The molecule has 0 atom stereocenters. The molecular weight excluding hydrogens is 230 g/mol. The van der Waals surface area contributed by atoms with Crippen molar-refractivity contribution in [3.05, 3.63) is 0 Å². The SMILES string of the molecule is [H-].[K+].[O-][Cl+3]([O-])([O-])O.[Zr]. The van der Waals surface area contributed by atoms with E-state index >= 15 is 0 Å². The Hall–Kier alpha value is 2.65. The van der Waals surface area contributed by atoms with Gasteiger partial charge in [-0.2, -0.15) is 14.0 Å². The van der Waals surface area contributed by atoms with Crippen molar-refractivity contribution in [1.82, 2.24) is 0 Å². The van der Waals surface area contributed by atoms with Crippen LogP contribution in [0.3, 0.4) is 0 Å². The summed E-state index contributed by atoms with van der Waals surface area (Å²) in [6, 6.07) is 0. The molecule has 0 saturated carbocycles. The van der Waals surface area contributed by atoms with Crippen molar-refractivity contribution in [2.24, 2.45) is 0 Å². The van der Waals surface area contributed by atoms with Crippen molar-refractivity contribution in [3.8, 4) is 0 Å². The van der Waals surface area contributed by atoms with Crippen molar-refractivity contribution >= 4 is 0 Å². The third-order valence-corrected chi connectivity index (χ3v) is 0. The van der Waals surface area contributed by atoms with Crippen LogP contribution in [0.1, 0.15) is 1.43 Å². The molecule has 0 spiro atoms. The van der Waals surface area contributed by atoms with E-state index in [9.17, 15) is 0 Å². The van der Waals surface area contributed by atoms with Crippen molar-refractivity contribution < 1.29 is 108 Å². The molecule has 0 aromatic rings. The average Bonchev–Trinajstić information content (AvgIpc) is 0.722. The second-order valence-electron chi connectivity index (χ2n) is 0.396. The molecule has 1 N–H and O–H groups in total. The smallest absolute Gasteiger partial charge is 1.00 e. The van der Waals surface area contributed by atoms with E-state index in [0.29, 0.717) is 0 Å². The normalized spacial score (nSPS) is 8.57. The number of rotatable bonds is 0. The fourth-order valence-corrected chi connectivity index (χ4v) is 0. The first-order chi connectivity index (χ1) is 2.00. The van der Waals surface area contributed by atoms with E-state index in [4.69, 9.17) is 18.6 Å². The Kier molecular flexibility index (Phi) is 15.8. The Morgan fingerprint density at radius 3 is 1.29 bits per heavy atom. The molecule has 0 heterocycles. The molecule has 0 aromatic carbocycles. The maximum Gasteiger partial charge on any atom is 1.00 e. The van der Waals surface area contributed by atoms with E-state index in [1.54, 1.807) is 0 Å². The predicted octanol–water partition coefficient (Wildman–Crippen LogP) is -7.01. The Morgan fingerprint density at radius 1 is 1.29 bits per heavy atom. The molecule has 0 aromatic heterocycles. The zero-order valence-electron chi connectivity index (χ0n) is 4.55. The molecule has 0 unspecified atom stereocenters. The third kappa shape index (κ3) is 54.5. The van der Waals surface area contributed by atoms with Crippen LogP contribution in [0.5, 0.6) is 0 Å². The maximum atomic E-state index is 8.60. The van der Waals surface area contributed by atoms with Gasteiger partial charge in [-0.15, -0.1) is 0 Å². The molecule has 38 valence electrons. The Balaban J connectivity index is -0.0000000267. The monoisotopic (exact) mass is 230 g/mol. The minimum Gasteiger partial charge on any atom is -1.00 e. The Bertz CT molecular complexity index is 31.5. The summed E-state index contributed by atoms with van der Waals surface area (Å²) in [7, 11) is -4.69. The number of halogens is 1. The van der Waals surface area contributed by atoms with Crippen LogP contribution >= 0.6 is 0 Å². The first-order valence-electron chi connectivity index (χ1n) is 0.632. The summed E-state index contributed by atoms with van der Waals surface area (Å²) in [5.41, 5.74) is 0. The quantitative estimate of drug-likeness (QED) is 0.420. The van der Waals surface area contributed by atoms with Crippen LogP contribution in [0.2, 0.25) is 0 Å². The molecule has 0 saturated heterocycles. The molecule has 0 rings (SSSR count). The minimum absolute atomic E-state index is 0. The van der Waals surface area contributed by atoms with Gasteiger partial charge in [-0.25, -0.2) is 0 Å². The molecule has 0 aliphatic rings. The molecule has 0 bridgehead atoms. The zero-order chi connectivity index (χ0) is 4.50. The fourth-order valence-electron chi connectivity index (χ4n) is 0. The van der Waals surface area contributed by atoms with Gasteiger partial charge < -0.3 is 1.43 Å². The first-order valence-corrected chi connectivity index (χ1v) is 1.90. The minimum atomic E-state index is -4.69. The van der Waals surface area contributed by atoms with Crippen LogP contribution in [0.4, 0.5) is 0 Å². The maximum absolute atomic E-state index is 8.60. The van der Waals surface area contributed by atoms with Gasteiger partial charge in [0.25, 0.3) is 0 Å². The van der Waals surface area contributed by atoms with E-state index in [-0.39, 0.29) is 79.0 Å². The van der Waals surface area contributed by atoms with Crippen LogP contribution in [-0.2, 0) is 26.2 Å². The van der Waals surface area contributed by atoms with Gasteiger partial charge in [0.05, 0.1) is 14.9 Å². The van der Waals surface area contributed by atoms with Gasteiger partial charge in [0.15, 0.2) is 0 Å². The van der Waals surface area contributed by atoms with Crippen LogP contribution in [0.25, 0.3) is 0 Å². The molecule has 7 heavy (non-hydrogen) atoms. The van der Waals surface area contributed by atoms with Crippen LogP contribution in [0.15, 0.2) is 0 Å². The van der Waals surface area contributed by atoms with Gasteiger partial charge in [-0.05, 0) is 0 Å². The molecule has 0 fully saturated rings. The molecule has 4 nitrogen and oxygen atoms in total. The summed E-state index contributed by atoms with van der Waals surface area (Å²) in [6.07, 6.45) is 0. The number of hydrogen-bond acceptors (Lipinski definition) is 4. The molecule has 0 radical (unpaired) electrons. The van der Waals surface area contributed by atoms with Crippen molar-refractivity contribution in [2.45, 2.75) is 0 Å². The van der Waals surface area contributed by atoms with Gasteiger partial charge >= 0.3 is 51.4 Å².